The molecule has 1 aliphatic heterocycles. The molecule has 2 nitrogen and oxygen atoms in total. The summed E-state index contributed by atoms with van der Waals surface area (Å²) < 4.78 is 12.7. The van der Waals surface area contributed by atoms with Gasteiger partial charge in [0.2, 0.25) is 0 Å². The van der Waals surface area contributed by atoms with Crippen LogP contribution in [-0.2, 0) is 9.47 Å². The second-order valence-corrected chi connectivity index (χ2v) is 10.1. The highest BCUT2D eigenvalue weighted by molar-refractivity contribution is 7.39. The van der Waals surface area contributed by atoms with Gasteiger partial charge in [0.25, 0.3) is 0 Å². The first-order valence-corrected chi connectivity index (χ1v) is 13.5. The lowest BCUT2D eigenvalue weighted by Crippen LogP contribution is -2.33. The molecule has 0 aromatic heterocycles. The van der Waals surface area contributed by atoms with Crippen molar-refractivity contribution in [1.82, 2.24) is 0 Å². The van der Waals surface area contributed by atoms with Crippen LogP contribution in [0.2, 0.25) is 0 Å². The molecule has 0 amide bonds. The molecule has 0 bridgehead atoms. The lowest BCUT2D eigenvalue weighted by molar-refractivity contribution is -0.182. The Hall–Kier alpha value is 0.350. The first-order valence-electron chi connectivity index (χ1n) is 12.4. The Morgan fingerprint density at radius 1 is 0.481 bits per heavy atom. The summed E-state index contributed by atoms with van der Waals surface area (Å²) in [6.07, 6.45) is 24.0. The smallest absolute Gasteiger partial charge is 0.159 e. The van der Waals surface area contributed by atoms with E-state index in [0.29, 0.717) is 11.7 Å². The van der Waals surface area contributed by atoms with Crippen molar-refractivity contribution in [2.24, 2.45) is 0 Å². The van der Waals surface area contributed by atoms with Gasteiger partial charge in [0, 0.05) is 0 Å². The minimum absolute atomic E-state index is 0.0779. The summed E-state index contributed by atoms with van der Waals surface area (Å²) in [6.45, 7) is 6.86. The lowest BCUT2D eigenvalue weighted by Gasteiger charge is -2.36. The average molecular weight is 401 g/mol. The zero-order valence-corrected chi connectivity index (χ0v) is 19.8. The predicted molar refractivity (Wildman–Crippen MR) is 122 cm³/mol. The summed E-state index contributed by atoms with van der Waals surface area (Å²) in [7, 11) is 0.855. The van der Waals surface area contributed by atoms with Gasteiger partial charge >= 0.3 is 0 Å². The highest BCUT2D eigenvalue weighted by Crippen LogP contribution is 2.40. The maximum atomic E-state index is 6.36. The Labute approximate surface area is 172 Å². The van der Waals surface area contributed by atoms with Gasteiger partial charge in [-0.3, -0.25) is 0 Å². The normalized spacial score (nSPS) is 23.9. The monoisotopic (exact) mass is 400 g/mol. The van der Waals surface area contributed by atoms with E-state index in [1.807, 2.05) is 0 Å². The van der Waals surface area contributed by atoms with E-state index in [4.69, 9.17) is 9.47 Å². The van der Waals surface area contributed by atoms with Crippen LogP contribution in [0.4, 0.5) is 0 Å². The van der Waals surface area contributed by atoms with Crippen molar-refractivity contribution in [3.05, 3.63) is 0 Å². The average Bonchev–Trinajstić information content (AvgIpc) is 2.67. The van der Waals surface area contributed by atoms with Crippen molar-refractivity contribution in [2.75, 3.05) is 0 Å². The molecule has 0 saturated carbocycles. The topological polar surface area (TPSA) is 18.5 Å². The Balaban J connectivity index is 2.31. The molecule has 162 valence electrons. The molecule has 3 heteroatoms. The lowest BCUT2D eigenvalue weighted by atomic mass is 10.1. The first kappa shape index (κ1) is 25.4. The van der Waals surface area contributed by atoms with Crippen LogP contribution in [-0.4, -0.2) is 18.0 Å². The Bertz CT molecular complexity index is 257. The summed E-state index contributed by atoms with van der Waals surface area (Å²) in [5.74, 6) is 0.948. The van der Waals surface area contributed by atoms with Gasteiger partial charge in [-0.15, -0.1) is 0 Å². The minimum Gasteiger partial charge on any atom is -0.345 e. The molecule has 2 unspecified atom stereocenters. The van der Waals surface area contributed by atoms with E-state index < -0.39 is 0 Å². The van der Waals surface area contributed by atoms with Gasteiger partial charge in [-0.1, -0.05) is 119 Å². The molecule has 2 atom stereocenters. The Kier molecular flexibility index (Phi) is 17.3. The van der Waals surface area contributed by atoms with Gasteiger partial charge < -0.3 is 9.47 Å². The zero-order chi connectivity index (χ0) is 19.6. The quantitative estimate of drug-likeness (QED) is 0.169. The molecule has 0 N–H and O–H groups in total. The summed E-state index contributed by atoms with van der Waals surface area (Å²) in [5.41, 5.74) is 0. The molecule has 0 aromatic rings. The highest BCUT2D eigenvalue weighted by atomic mass is 31.1. The molecule has 0 spiro atoms. The van der Waals surface area contributed by atoms with Crippen LogP contribution in [0, 0.1) is 0 Å². The zero-order valence-electron chi connectivity index (χ0n) is 18.8. The van der Waals surface area contributed by atoms with E-state index in [2.05, 4.69) is 20.8 Å². The third kappa shape index (κ3) is 14.0. The van der Waals surface area contributed by atoms with Crippen LogP contribution in [0.3, 0.4) is 0 Å². The minimum atomic E-state index is 0.0779. The van der Waals surface area contributed by atoms with E-state index in [-0.39, 0.29) is 6.29 Å². The Morgan fingerprint density at radius 2 is 0.852 bits per heavy atom. The predicted octanol–water partition coefficient (Wildman–Crippen LogP) is 8.77. The third-order valence-electron chi connectivity index (χ3n) is 5.69. The fourth-order valence-corrected chi connectivity index (χ4v) is 5.52. The SMILES string of the molecule is CCCCCCCC1OC(CCCCCCC)PC(CCCCCCC)O1. The van der Waals surface area contributed by atoms with Crippen molar-refractivity contribution >= 4 is 8.58 Å². The van der Waals surface area contributed by atoms with E-state index in [9.17, 15) is 0 Å². The summed E-state index contributed by atoms with van der Waals surface area (Å²) in [6, 6.07) is 0. The van der Waals surface area contributed by atoms with E-state index >= 15 is 0 Å². The highest BCUT2D eigenvalue weighted by Gasteiger charge is 2.29. The van der Waals surface area contributed by atoms with Crippen LogP contribution < -0.4 is 0 Å². The second kappa shape index (κ2) is 18.4. The van der Waals surface area contributed by atoms with Crippen LogP contribution in [0.1, 0.15) is 136 Å². The molecule has 1 heterocycles. The van der Waals surface area contributed by atoms with Crippen molar-refractivity contribution in [3.8, 4) is 0 Å². The van der Waals surface area contributed by atoms with Gasteiger partial charge in [0.05, 0.1) is 11.7 Å². The van der Waals surface area contributed by atoms with Crippen molar-refractivity contribution in [3.63, 3.8) is 0 Å². The number of rotatable bonds is 18. The second-order valence-electron chi connectivity index (χ2n) is 8.45. The Morgan fingerprint density at radius 3 is 1.26 bits per heavy atom. The van der Waals surface area contributed by atoms with Gasteiger partial charge in [0.1, 0.15) is 0 Å². The summed E-state index contributed by atoms with van der Waals surface area (Å²) >= 11 is 0. The molecule has 1 fully saturated rings. The summed E-state index contributed by atoms with van der Waals surface area (Å²) in [4.78, 5) is 0. The number of ether oxygens (including phenoxy) is 2. The number of hydrogen-bond donors (Lipinski definition) is 0. The first-order chi connectivity index (χ1) is 13.3. The number of hydrogen-bond acceptors (Lipinski definition) is 2. The molecule has 0 radical (unpaired) electrons. The van der Waals surface area contributed by atoms with Gasteiger partial charge in [-0.2, -0.15) is 0 Å². The molecular formula is C24H49O2P. The molecule has 0 aromatic carbocycles. The molecule has 0 aliphatic carbocycles. The molecule has 1 aliphatic rings. The largest absolute Gasteiger partial charge is 0.345 e. The standard InChI is InChI=1S/C24H49O2P/c1-4-7-10-13-16-19-22-25-23(20-17-14-11-8-5-2)27-24(26-22)21-18-15-12-9-6-3/h22-24,27H,4-21H2,1-3H3. The van der Waals surface area contributed by atoms with Crippen molar-refractivity contribution < 1.29 is 9.47 Å². The van der Waals surface area contributed by atoms with Crippen LogP contribution in [0.5, 0.6) is 0 Å². The maximum Gasteiger partial charge on any atom is 0.159 e. The molecular weight excluding hydrogens is 351 g/mol. The van der Waals surface area contributed by atoms with Crippen molar-refractivity contribution in [2.45, 2.75) is 154 Å². The van der Waals surface area contributed by atoms with E-state index in [0.717, 1.165) is 15.0 Å². The molecule has 1 saturated heterocycles. The van der Waals surface area contributed by atoms with Crippen LogP contribution in [0.15, 0.2) is 0 Å². The van der Waals surface area contributed by atoms with Crippen LogP contribution >= 0.6 is 8.58 Å². The van der Waals surface area contributed by atoms with Crippen LogP contribution in [0.25, 0.3) is 0 Å². The fourth-order valence-electron chi connectivity index (χ4n) is 3.90. The van der Waals surface area contributed by atoms with Gasteiger partial charge in [-0.05, 0) is 25.7 Å². The fraction of sp³-hybridized carbons (Fsp3) is 1.00. The number of unbranched alkanes of at least 4 members (excludes halogenated alkanes) is 12. The van der Waals surface area contributed by atoms with E-state index in [1.165, 1.54) is 109 Å². The van der Waals surface area contributed by atoms with Gasteiger partial charge in [0.15, 0.2) is 6.29 Å². The molecule has 1 rings (SSSR count). The van der Waals surface area contributed by atoms with Crippen molar-refractivity contribution in [1.29, 1.82) is 0 Å². The summed E-state index contributed by atoms with van der Waals surface area (Å²) in [5, 5.41) is 0. The van der Waals surface area contributed by atoms with Gasteiger partial charge in [-0.25, -0.2) is 0 Å². The van der Waals surface area contributed by atoms with E-state index in [1.54, 1.807) is 0 Å². The maximum absolute atomic E-state index is 6.36. The molecule has 27 heavy (non-hydrogen) atoms. The third-order valence-corrected chi connectivity index (χ3v) is 7.28.